The van der Waals surface area contributed by atoms with Gasteiger partial charge in [0.2, 0.25) is 5.91 Å². The van der Waals surface area contributed by atoms with E-state index < -0.39 is 11.9 Å². The number of nitrogens with zero attached hydrogens (tertiary/aromatic N) is 1. The van der Waals surface area contributed by atoms with Gasteiger partial charge >= 0.3 is 0 Å². The van der Waals surface area contributed by atoms with E-state index in [1.807, 2.05) is 18.2 Å². The molecule has 134 valence electrons. The van der Waals surface area contributed by atoms with Crippen molar-refractivity contribution in [3.05, 3.63) is 59.7 Å². The Morgan fingerprint density at radius 3 is 2.54 bits per heavy atom. The Balaban J connectivity index is 2.13. The number of rotatable bonds is 7. The van der Waals surface area contributed by atoms with E-state index in [4.69, 9.17) is 4.74 Å². The fraction of sp³-hybridized carbons (Fsp3) is 0.211. The van der Waals surface area contributed by atoms with Crippen LogP contribution in [-0.2, 0) is 4.79 Å². The number of hydrogen-bond acceptors (Lipinski definition) is 5. The van der Waals surface area contributed by atoms with Crippen molar-refractivity contribution in [2.24, 2.45) is 0 Å². The maximum absolute atomic E-state index is 12.5. The van der Waals surface area contributed by atoms with Crippen LogP contribution in [0.2, 0.25) is 0 Å². The van der Waals surface area contributed by atoms with Gasteiger partial charge in [0.1, 0.15) is 11.8 Å². The van der Waals surface area contributed by atoms with Crippen LogP contribution in [0.25, 0.3) is 0 Å². The summed E-state index contributed by atoms with van der Waals surface area (Å²) in [6.07, 6.45) is 0. The zero-order chi connectivity index (χ0) is 18.9. The van der Waals surface area contributed by atoms with Crippen LogP contribution in [0.1, 0.15) is 35.8 Å². The largest absolute Gasteiger partial charge is 0.493 e. The minimum Gasteiger partial charge on any atom is -0.493 e. The fourth-order valence-electron chi connectivity index (χ4n) is 2.31. The van der Waals surface area contributed by atoms with E-state index >= 15 is 0 Å². The van der Waals surface area contributed by atoms with Gasteiger partial charge in [0.25, 0.3) is 5.91 Å². The van der Waals surface area contributed by atoms with Gasteiger partial charge in [0.05, 0.1) is 18.2 Å². The van der Waals surface area contributed by atoms with Gasteiger partial charge in [-0.2, -0.15) is 5.26 Å². The molecule has 2 aromatic carbocycles. The van der Waals surface area contributed by atoms with E-state index in [2.05, 4.69) is 22.2 Å². The topological polar surface area (TPSA) is 103 Å². The monoisotopic (exact) mass is 352 g/mol. The lowest BCUT2D eigenvalue weighted by atomic mass is 10.1. The summed E-state index contributed by atoms with van der Waals surface area (Å²) < 4.78 is 5.49. The first-order chi connectivity index (χ1) is 12.5. The molecule has 2 amide bonds. The third-order valence-corrected chi connectivity index (χ3v) is 3.44. The minimum absolute atomic E-state index is 0.217. The summed E-state index contributed by atoms with van der Waals surface area (Å²) in [6, 6.07) is 15.2. The van der Waals surface area contributed by atoms with Gasteiger partial charge in [-0.1, -0.05) is 30.3 Å². The first kappa shape index (κ1) is 19.0. The van der Waals surface area contributed by atoms with Crippen molar-refractivity contribution in [3.63, 3.8) is 0 Å². The predicted molar refractivity (Wildman–Crippen MR) is 97.3 cm³/mol. The Bertz CT molecular complexity index is 815. The Kier molecular flexibility index (Phi) is 6.71. The molecule has 26 heavy (non-hydrogen) atoms. The molecule has 7 nitrogen and oxygen atoms in total. The predicted octanol–water partition coefficient (Wildman–Crippen LogP) is 2.54. The number of hydrazine groups is 1. The molecule has 3 N–H and O–H groups in total. The van der Waals surface area contributed by atoms with E-state index in [1.54, 1.807) is 37.3 Å². The molecule has 0 bridgehead atoms. The molecule has 0 aliphatic carbocycles. The molecule has 0 saturated heterocycles. The van der Waals surface area contributed by atoms with E-state index in [0.29, 0.717) is 23.6 Å². The molecular formula is C19H20N4O3. The summed E-state index contributed by atoms with van der Waals surface area (Å²) in [5.74, 6) is -0.323. The van der Waals surface area contributed by atoms with Crippen LogP contribution in [-0.4, -0.2) is 18.4 Å². The SMILES string of the molecule is CCOc1cc(NC(C)=O)ccc1C(=O)NNC(C#N)c1ccccc1. The summed E-state index contributed by atoms with van der Waals surface area (Å²) in [7, 11) is 0. The number of benzene rings is 2. The minimum atomic E-state index is -0.686. The van der Waals surface area contributed by atoms with Gasteiger partial charge in [0, 0.05) is 18.7 Å². The first-order valence-electron chi connectivity index (χ1n) is 8.10. The molecule has 0 fully saturated rings. The fourth-order valence-corrected chi connectivity index (χ4v) is 2.31. The second-order valence-corrected chi connectivity index (χ2v) is 5.40. The van der Waals surface area contributed by atoms with E-state index in [1.165, 1.54) is 6.92 Å². The first-order valence-corrected chi connectivity index (χ1v) is 8.10. The van der Waals surface area contributed by atoms with E-state index in [-0.39, 0.29) is 5.91 Å². The Morgan fingerprint density at radius 2 is 1.92 bits per heavy atom. The molecule has 0 saturated carbocycles. The standard InChI is InChI=1S/C19H20N4O3/c1-3-26-18-11-15(21-13(2)24)9-10-16(18)19(25)23-22-17(12-20)14-7-5-4-6-8-14/h4-11,17,22H,3H2,1-2H3,(H,21,24)(H,23,25). The van der Waals surface area contributed by atoms with Crippen molar-refractivity contribution >= 4 is 17.5 Å². The molecule has 1 atom stereocenters. The zero-order valence-corrected chi connectivity index (χ0v) is 14.6. The van der Waals surface area contributed by atoms with Crippen LogP contribution in [0.15, 0.2) is 48.5 Å². The van der Waals surface area contributed by atoms with Crippen molar-refractivity contribution in [2.75, 3.05) is 11.9 Å². The van der Waals surface area contributed by atoms with E-state index in [9.17, 15) is 14.9 Å². The molecule has 0 aliphatic rings. The number of carbonyl (C=O) groups excluding carboxylic acids is 2. The van der Waals surface area contributed by atoms with Crippen molar-refractivity contribution < 1.29 is 14.3 Å². The average molecular weight is 352 g/mol. The summed E-state index contributed by atoms with van der Waals surface area (Å²) in [6.45, 7) is 3.56. The molecule has 7 heteroatoms. The van der Waals surface area contributed by atoms with Gasteiger partial charge in [-0.25, -0.2) is 5.43 Å². The third kappa shape index (κ3) is 5.06. The Labute approximate surface area is 151 Å². The van der Waals surface area contributed by atoms with Gasteiger partial charge in [-0.15, -0.1) is 0 Å². The summed E-state index contributed by atoms with van der Waals surface area (Å²) >= 11 is 0. The number of carbonyl (C=O) groups is 2. The van der Waals surface area contributed by atoms with Crippen LogP contribution in [0, 0.1) is 11.3 Å². The molecule has 0 radical (unpaired) electrons. The lowest BCUT2D eigenvalue weighted by molar-refractivity contribution is -0.114. The van der Waals surface area contributed by atoms with Crippen molar-refractivity contribution in [1.82, 2.24) is 10.9 Å². The molecule has 1 unspecified atom stereocenters. The maximum Gasteiger partial charge on any atom is 0.269 e. The molecule has 2 rings (SSSR count). The quantitative estimate of drug-likeness (QED) is 0.665. The van der Waals surface area contributed by atoms with Crippen molar-refractivity contribution in [1.29, 1.82) is 5.26 Å². The highest BCUT2D eigenvalue weighted by Gasteiger charge is 2.16. The zero-order valence-electron chi connectivity index (χ0n) is 14.6. The molecule has 0 aromatic heterocycles. The van der Waals surface area contributed by atoms with Crippen LogP contribution < -0.4 is 20.9 Å². The number of nitrogens with one attached hydrogen (secondary N) is 3. The number of ether oxygens (including phenoxy) is 1. The van der Waals surface area contributed by atoms with Crippen LogP contribution in [0.3, 0.4) is 0 Å². The molecule has 2 aromatic rings. The van der Waals surface area contributed by atoms with Gasteiger partial charge in [-0.05, 0) is 24.6 Å². The smallest absolute Gasteiger partial charge is 0.269 e. The lowest BCUT2D eigenvalue weighted by Crippen LogP contribution is -2.39. The molecule has 0 heterocycles. The molecule has 0 spiro atoms. The van der Waals surface area contributed by atoms with Crippen LogP contribution >= 0.6 is 0 Å². The highest BCUT2D eigenvalue weighted by molar-refractivity contribution is 5.98. The van der Waals surface area contributed by atoms with E-state index in [0.717, 1.165) is 5.56 Å². The van der Waals surface area contributed by atoms with Crippen molar-refractivity contribution in [2.45, 2.75) is 19.9 Å². The second kappa shape index (κ2) is 9.20. The Morgan fingerprint density at radius 1 is 1.19 bits per heavy atom. The second-order valence-electron chi connectivity index (χ2n) is 5.40. The normalized spacial score (nSPS) is 11.1. The lowest BCUT2D eigenvalue weighted by Gasteiger charge is -2.15. The van der Waals surface area contributed by atoms with Crippen LogP contribution in [0.5, 0.6) is 5.75 Å². The summed E-state index contributed by atoms with van der Waals surface area (Å²) in [5, 5.41) is 11.9. The number of anilines is 1. The highest BCUT2D eigenvalue weighted by Crippen LogP contribution is 2.23. The Hall–Kier alpha value is -3.37. The molecular weight excluding hydrogens is 332 g/mol. The summed E-state index contributed by atoms with van der Waals surface area (Å²) in [5.41, 5.74) is 6.80. The van der Waals surface area contributed by atoms with Gasteiger partial charge in [0.15, 0.2) is 0 Å². The van der Waals surface area contributed by atoms with Gasteiger partial charge in [-0.3, -0.25) is 15.0 Å². The van der Waals surface area contributed by atoms with Crippen molar-refractivity contribution in [3.8, 4) is 11.8 Å². The molecule has 0 aliphatic heterocycles. The number of nitriles is 1. The number of hydrogen-bond donors (Lipinski definition) is 3. The maximum atomic E-state index is 12.5. The van der Waals surface area contributed by atoms with Gasteiger partial charge < -0.3 is 10.1 Å². The highest BCUT2D eigenvalue weighted by atomic mass is 16.5. The third-order valence-electron chi connectivity index (χ3n) is 3.44. The van der Waals surface area contributed by atoms with Crippen LogP contribution in [0.4, 0.5) is 5.69 Å². The summed E-state index contributed by atoms with van der Waals surface area (Å²) in [4.78, 5) is 23.6. The average Bonchev–Trinajstić information content (AvgIpc) is 2.63. The number of amides is 2.